The minimum atomic E-state index is -1.58. The Labute approximate surface area is 162 Å². The lowest BCUT2D eigenvalue weighted by molar-refractivity contribution is -0.293. The number of rotatable bonds is 6. The third-order valence-corrected chi connectivity index (χ3v) is 4.87. The van der Waals surface area contributed by atoms with Crippen LogP contribution in [0.15, 0.2) is 36.4 Å². The maximum atomic E-state index is 13.2. The summed E-state index contributed by atoms with van der Waals surface area (Å²) in [5.74, 6) is -1.14. The van der Waals surface area contributed by atoms with E-state index in [2.05, 4.69) is 0 Å². The molecular weight excluding hydrogens is 364 g/mol. The summed E-state index contributed by atoms with van der Waals surface area (Å²) in [5.41, 5.74) is -0.517. The predicted molar refractivity (Wildman–Crippen MR) is 101 cm³/mol. The second-order valence-corrected chi connectivity index (χ2v) is 6.97. The number of carbonyl (C=O) groups is 2. The third kappa shape index (κ3) is 3.16. The van der Waals surface area contributed by atoms with Crippen molar-refractivity contribution in [2.45, 2.75) is 26.7 Å². The zero-order valence-electron chi connectivity index (χ0n) is 15.8. The molecule has 28 heavy (non-hydrogen) atoms. The van der Waals surface area contributed by atoms with Crippen LogP contribution in [0.4, 0.5) is 11.4 Å². The normalized spacial score (nSPS) is 14.1. The smallest absolute Gasteiger partial charge is 0.211 e. The van der Waals surface area contributed by atoms with Crippen LogP contribution in [0.25, 0.3) is 0 Å². The number of carbonyl (C=O) groups excluding carboxylic acids is 2. The maximum absolute atomic E-state index is 13.2. The zero-order chi connectivity index (χ0) is 20.7. The van der Waals surface area contributed by atoms with Gasteiger partial charge in [-0.25, -0.2) is 0 Å². The molecule has 2 aromatic carbocycles. The molecule has 8 heteroatoms. The maximum Gasteiger partial charge on any atom is 0.211 e. The Kier molecular flexibility index (Phi) is 5.20. The van der Waals surface area contributed by atoms with Gasteiger partial charge in [0.25, 0.3) is 0 Å². The van der Waals surface area contributed by atoms with Crippen molar-refractivity contribution in [3.63, 3.8) is 0 Å². The molecule has 8 nitrogen and oxygen atoms in total. The van der Waals surface area contributed by atoms with Crippen molar-refractivity contribution in [2.24, 2.45) is 0 Å². The summed E-state index contributed by atoms with van der Waals surface area (Å²) in [7, 11) is 0. The fraction of sp³-hybridized carbons (Fsp3) is 0.300. The Hall–Kier alpha value is -2.46. The Balaban J connectivity index is 2.37. The van der Waals surface area contributed by atoms with Gasteiger partial charge in [-0.2, -0.15) is 20.8 Å². The SMILES string of the molecule is CCC[N+](O)(O)c1ccc([N+](O)(O)CCC)c2c1C(=O)c1ccccc1C2=O. The molecular formula is C20H24N2O6+2. The quantitative estimate of drug-likeness (QED) is 0.380. The first-order chi connectivity index (χ1) is 13.2. The number of hydrogen-bond acceptors (Lipinski definition) is 6. The molecule has 0 atom stereocenters. The van der Waals surface area contributed by atoms with Crippen molar-refractivity contribution >= 4 is 22.9 Å². The molecule has 0 radical (unpaired) electrons. The largest absolute Gasteiger partial charge is 0.288 e. The summed E-state index contributed by atoms with van der Waals surface area (Å²) < 4.78 is 0. The van der Waals surface area contributed by atoms with Gasteiger partial charge >= 0.3 is 0 Å². The standard InChI is InChI=1S/C20H24N2O6/c1-3-11-21(25,26)15-9-10-16(22(27,28)12-4-2)18-17(15)19(23)13-7-5-6-8-14(13)20(18)24/h5-10,25-28H,3-4,11-12H2,1-2H3/q+2. The highest BCUT2D eigenvalue weighted by atomic mass is 16.8. The minimum absolute atomic E-state index is 0.109. The average molecular weight is 388 g/mol. The number of fused-ring (bicyclic) bond motifs is 2. The number of ketones is 2. The molecule has 0 fully saturated rings. The van der Waals surface area contributed by atoms with Crippen LogP contribution in [0.2, 0.25) is 0 Å². The van der Waals surface area contributed by atoms with Crippen LogP contribution in [0.1, 0.15) is 58.5 Å². The lowest BCUT2D eigenvalue weighted by Crippen LogP contribution is -2.47. The van der Waals surface area contributed by atoms with Gasteiger partial charge in [-0.05, 0) is 9.62 Å². The second-order valence-electron chi connectivity index (χ2n) is 6.97. The molecule has 1 aliphatic carbocycles. The van der Waals surface area contributed by atoms with E-state index in [-0.39, 0.29) is 46.7 Å². The van der Waals surface area contributed by atoms with Gasteiger partial charge in [0.1, 0.15) is 24.2 Å². The van der Waals surface area contributed by atoms with Gasteiger partial charge < -0.3 is 0 Å². The van der Waals surface area contributed by atoms with Gasteiger partial charge in [-0.1, -0.05) is 38.1 Å². The van der Waals surface area contributed by atoms with Crippen LogP contribution in [-0.4, -0.2) is 45.5 Å². The summed E-state index contributed by atoms with van der Waals surface area (Å²) in [6.07, 6.45) is 0.802. The van der Waals surface area contributed by atoms with Crippen molar-refractivity contribution in [2.75, 3.05) is 13.1 Å². The summed E-state index contributed by atoms with van der Waals surface area (Å²) in [6.45, 7) is 3.27. The molecule has 0 spiro atoms. The van der Waals surface area contributed by atoms with Crippen molar-refractivity contribution in [1.82, 2.24) is 9.62 Å². The van der Waals surface area contributed by atoms with Crippen LogP contribution < -0.4 is 9.62 Å². The number of nitrogens with zero attached hydrogens (tertiary/aromatic N) is 2. The van der Waals surface area contributed by atoms with E-state index in [0.29, 0.717) is 12.8 Å². The lowest BCUT2D eigenvalue weighted by Gasteiger charge is -2.29. The predicted octanol–water partition coefficient (Wildman–Crippen LogP) is 3.45. The molecule has 2 aromatic rings. The first kappa shape index (κ1) is 20.3. The number of hydroxylamine groups is 4. The summed E-state index contributed by atoms with van der Waals surface area (Å²) in [6, 6.07) is 8.70. The van der Waals surface area contributed by atoms with Gasteiger partial charge in [-0.3, -0.25) is 9.59 Å². The lowest BCUT2D eigenvalue weighted by atomic mass is 9.82. The first-order valence-electron chi connectivity index (χ1n) is 9.19. The topological polar surface area (TPSA) is 115 Å². The third-order valence-electron chi connectivity index (χ3n) is 4.87. The molecule has 0 amide bonds. The summed E-state index contributed by atoms with van der Waals surface area (Å²) in [5, 5.41) is 42.0. The van der Waals surface area contributed by atoms with E-state index in [0.717, 1.165) is 0 Å². The Bertz CT molecular complexity index is 876. The minimum Gasteiger partial charge on any atom is -0.288 e. The zero-order valence-corrected chi connectivity index (χ0v) is 15.8. The van der Waals surface area contributed by atoms with E-state index in [9.17, 15) is 30.4 Å². The van der Waals surface area contributed by atoms with E-state index >= 15 is 0 Å². The van der Waals surface area contributed by atoms with Gasteiger partial charge in [0.05, 0.1) is 0 Å². The molecule has 148 valence electrons. The van der Waals surface area contributed by atoms with Crippen LogP contribution >= 0.6 is 0 Å². The van der Waals surface area contributed by atoms with E-state index in [1.165, 1.54) is 24.3 Å². The van der Waals surface area contributed by atoms with Crippen molar-refractivity contribution < 1.29 is 30.4 Å². The van der Waals surface area contributed by atoms with Crippen LogP contribution in [0, 0.1) is 0 Å². The second kappa shape index (κ2) is 7.17. The van der Waals surface area contributed by atoms with E-state index in [4.69, 9.17) is 0 Å². The van der Waals surface area contributed by atoms with Crippen LogP contribution in [0.3, 0.4) is 0 Å². The fourth-order valence-corrected chi connectivity index (χ4v) is 3.65. The fourth-order valence-electron chi connectivity index (χ4n) is 3.65. The van der Waals surface area contributed by atoms with Gasteiger partial charge in [0, 0.05) is 36.1 Å². The highest BCUT2D eigenvalue weighted by molar-refractivity contribution is 6.31. The van der Waals surface area contributed by atoms with Crippen molar-refractivity contribution in [3.05, 3.63) is 58.7 Å². The summed E-state index contributed by atoms with van der Waals surface area (Å²) >= 11 is 0. The average Bonchev–Trinajstić information content (AvgIpc) is 2.65. The molecule has 0 aromatic heterocycles. The number of quaternary nitrogens is 2. The number of hydrogen-bond donors (Lipinski definition) is 4. The van der Waals surface area contributed by atoms with Gasteiger partial charge in [0.15, 0.2) is 0 Å². The molecule has 4 N–H and O–H groups in total. The summed E-state index contributed by atoms with van der Waals surface area (Å²) in [4.78, 5) is 23.3. The van der Waals surface area contributed by atoms with Crippen LogP contribution in [0.5, 0.6) is 0 Å². The monoisotopic (exact) mass is 388 g/mol. The molecule has 0 saturated carbocycles. The Morgan fingerprint density at radius 1 is 0.679 bits per heavy atom. The molecule has 0 saturated heterocycles. The highest BCUT2D eigenvalue weighted by Crippen LogP contribution is 2.41. The Morgan fingerprint density at radius 3 is 1.36 bits per heavy atom. The van der Waals surface area contributed by atoms with E-state index in [1.807, 2.05) is 0 Å². The molecule has 0 aliphatic heterocycles. The van der Waals surface area contributed by atoms with Crippen molar-refractivity contribution in [3.8, 4) is 0 Å². The van der Waals surface area contributed by atoms with Crippen molar-refractivity contribution in [1.29, 1.82) is 0 Å². The van der Waals surface area contributed by atoms with Gasteiger partial charge in [0.2, 0.25) is 22.9 Å². The van der Waals surface area contributed by atoms with E-state index < -0.39 is 21.2 Å². The Morgan fingerprint density at radius 2 is 1.04 bits per heavy atom. The first-order valence-corrected chi connectivity index (χ1v) is 9.19. The van der Waals surface area contributed by atoms with Crippen LogP contribution in [-0.2, 0) is 0 Å². The molecule has 0 bridgehead atoms. The molecule has 3 rings (SSSR count). The van der Waals surface area contributed by atoms with E-state index in [1.54, 1.807) is 26.0 Å². The molecule has 0 heterocycles. The molecule has 1 aliphatic rings. The van der Waals surface area contributed by atoms with Gasteiger partial charge in [-0.15, -0.1) is 0 Å². The molecule has 0 unspecified atom stereocenters. The number of benzene rings is 2. The highest BCUT2D eigenvalue weighted by Gasteiger charge is 2.45.